The van der Waals surface area contributed by atoms with Gasteiger partial charge in [-0.05, 0) is 9.91 Å². The molecule has 0 fully saturated rings. The zero-order valence-electron chi connectivity index (χ0n) is 8.57. The van der Waals surface area contributed by atoms with Gasteiger partial charge in [-0.25, -0.2) is 4.68 Å². The summed E-state index contributed by atoms with van der Waals surface area (Å²) in [6.45, 7) is 0. The highest BCUT2D eigenvalue weighted by atomic mass is 16.6. The number of hydrogen-bond donors (Lipinski definition) is 1. The molecular weight excluding hydrogens is 244 g/mol. The van der Waals surface area contributed by atoms with E-state index < -0.39 is 4.92 Å². The lowest BCUT2D eigenvalue weighted by molar-refractivity contribution is -0.389. The first-order valence-corrected chi connectivity index (χ1v) is 4.58. The van der Waals surface area contributed by atoms with Crippen molar-refractivity contribution in [3.63, 3.8) is 0 Å². The summed E-state index contributed by atoms with van der Waals surface area (Å²) in [5, 5.41) is 29.1. The molecule has 3 heterocycles. The molecule has 0 unspecified atom stereocenters. The number of imidazole rings is 1. The highest BCUT2D eigenvalue weighted by Crippen LogP contribution is 2.05. The molecule has 0 amide bonds. The van der Waals surface area contributed by atoms with Crippen LogP contribution in [0.3, 0.4) is 0 Å². The molecule has 18 heavy (non-hydrogen) atoms. The monoisotopic (exact) mass is 248 g/mol. The molecule has 0 bridgehead atoms. The number of rotatable bonds is 3. The Balaban J connectivity index is 1.88. The molecule has 3 aromatic heterocycles. The van der Waals surface area contributed by atoms with Crippen LogP contribution in [0.25, 0.3) is 5.78 Å². The van der Waals surface area contributed by atoms with Gasteiger partial charge in [0.15, 0.2) is 0 Å². The maximum atomic E-state index is 10.4. The van der Waals surface area contributed by atoms with E-state index in [9.17, 15) is 10.1 Å². The van der Waals surface area contributed by atoms with Gasteiger partial charge in [0.2, 0.25) is 6.33 Å². The Morgan fingerprint density at radius 3 is 2.94 bits per heavy atom. The summed E-state index contributed by atoms with van der Waals surface area (Å²) in [6.07, 6.45) is 3.75. The van der Waals surface area contributed by atoms with Crippen molar-refractivity contribution in [2.75, 3.05) is 5.43 Å². The Labute approximate surface area is 97.4 Å². The van der Waals surface area contributed by atoms with Crippen molar-refractivity contribution in [1.29, 1.82) is 0 Å². The van der Waals surface area contributed by atoms with Gasteiger partial charge in [-0.3, -0.25) is 5.43 Å². The second kappa shape index (κ2) is 3.69. The third-order valence-electron chi connectivity index (χ3n) is 1.93. The van der Waals surface area contributed by atoms with E-state index in [0.717, 1.165) is 0 Å². The van der Waals surface area contributed by atoms with Crippen LogP contribution in [0.1, 0.15) is 0 Å². The Kier molecular flexibility index (Phi) is 2.05. The lowest BCUT2D eigenvalue weighted by Gasteiger charge is -2.01. The molecule has 12 heteroatoms. The fourth-order valence-electron chi connectivity index (χ4n) is 1.20. The first kappa shape index (κ1) is 10.0. The largest absolute Gasteiger partial charge is 0.383 e. The van der Waals surface area contributed by atoms with Crippen molar-refractivity contribution in [3.05, 3.63) is 29.0 Å². The maximum Gasteiger partial charge on any atom is 0.383 e. The summed E-state index contributed by atoms with van der Waals surface area (Å²) >= 11 is 0. The SMILES string of the molecule is O=[N+]([O-])c1cn(Nc2nnc3nncn3n2)cn1. The van der Waals surface area contributed by atoms with Gasteiger partial charge >= 0.3 is 5.82 Å². The molecule has 0 atom stereocenters. The summed E-state index contributed by atoms with van der Waals surface area (Å²) in [5.41, 5.74) is 2.65. The highest BCUT2D eigenvalue weighted by molar-refractivity contribution is 5.27. The second-order valence-electron chi connectivity index (χ2n) is 3.11. The quantitative estimate of drug-likeness (QED) is 0.451. The fourth-order valence-corrected chi connectivity index (χ4v) is 1.20. The number of hydrogen-bond acceptors (Lipinski definition) is 9. The maximum absolute atomic E-state index is 10.4. The first-order chi connectivity index (χ1) is 8.72. The van der Waals surface area contributed by atoms with E-state index in [2.05, 4.69) is 35.9 Å². The van der Waals surface area contributed by atoms with Gasteiger partial charge in [0.1, 0.15) is 12.5 Å². The normalized spacial score (nSPS) is 10.7. The predicted octanol–water partition coefficient (Wildman–Crippen LogP) is -1.11. The summed E-state index contributed by atoms with van der Waals surface area (Å²) in [5.74, 6) is 0.0765. The number of fused-ring (bicyclic) bond motifs is 1. The van der Waals surface area contributed by atoms with Crippen LogP contribution in [-0.4, -0.2) is 44.6 Å². The smallest absolute Gasteiger partial charge is 0.358 e. The van der Waals surface area contributed by atoms with Crippen LogP contribution in [0, 0.1) is 10.1 Å². The van der Waals surface area contributed by atoms with E-state index in [0.29, 0.717) is 0 Å². The molecule has 0 spiro atoms. The van der Waals surface area contributed by atoms with Gasteiger partial charge in [-0.15, -0.1) is 25.5 Å². The molecule has 3 aromatic rings. The van der Waals surface area contributed by atoms with Crippen molar-refractivity contribution >= 4 is 17.5 Å². The lowest BCUT2D eigenvalue weighted by atomic mass is 10.8. The molecule has 3 rings (SSSR count). The first-order valence-electron chi connectivity index (χ1n) is 4.58. The van der Waals surface area contributed by atoms with Gasteiger partial charge in [0.05, 0.1) is 0 Å². The van der Waals surface area contributed by atoms with E-state index in [1.54, 1.807) is 0 Å². The summed E-state index contributed by atoms with van der Waals surface area (Å²) in [7, 11) is 0. The van der Waals surface area contributed by atoms with Gasteiger partial charge in [0.25, 0.3) is 11.7 Å². The van der Waals surface area contributed by atoms with Crippen LogP contribution in [0.5, 0.6) is 0 Å². The van der Waals surface area contributed by atoms with Crippen LogP contribution in [0.15, 0.2) is 18.9 Å². The molecule has 0 aliphatic heterocycles. The minimum Gasteiger partial charge on any atom is -0.358 e. The zero-order chi connectivity index (χ0) is 12.5. The van der Waals surface area contributed by atoms with Crippen molar-refractivity contribution in [2.45, 2.75) is 0 Å². The standard InChI is InChI=1S/C6H4N10O2/c17-16(18)4-1-14(2-7-4)12-5-9-11-6-10-8-3-15(6)13-5/h1-3H,(H,12,13). The van der Waals surface area contributed by atoms with E-state index >= 15 is 0 Å². The molecule has 0 aliphatic carbocycles. The number of anilines is 1. The molecule has 0 aliphatic rings. The average Bonchev–Trinajstić information content (AvgIpc) is 2.96. The lowest BCUT2D eigenvalue weighted by Crippen LogP contribution is -2.12. The van der Waals surface area contributed by atoms with Crippen molar-refractivity contribution in [3.8, 4) is 0 Å². The van der Waals surface area contributed by atoms with Crippen LogP contribution in [0.4, 0.5) is 11.8 Å². The molecule has 90 valence electrons. The van der Waals surface area contributed by atoms with Crippen molar-refractivity contribution < 1.29 is 4.92 Å². The molecule has 0 saturated carbocycles. The fraction of sp³-hybridized carbons (Fsp3) is 0. The van der Waals surface area contributed by atoms with Crippen molar-refractivity contribution in [2.24, 2.45) is 0 Å². The Morgan fingerprint density at radius 2 is 2.17 bits per heavy atom. The van der Waals surface area contributed by atoms with Gasteiger partial charge in [-0.1, -0.05) is 0 Å². The van der Waals surface area contributed by atoms with Gasteiger partial charge in [0, 0.05) is 0 Å². The predicted molar refractivity (Wildman–Crippen MR) is 54.3 cm³/mol. The minimum absolute atomic E-state index is 0.120. The van der Waals surface area contributed by atoms with E-state index in [1.165, 1.54) is 28.0 Å². The van der Waals surface area contributed by atoms with Gasteiger partial charge < -0.3 is 10.1 Å². The van der Waals surface area contributed by atoms with Crippen LogP contribution >= 0.6 is 0 Å². The van der Waals surface area contributed by atoms with E-state index in [-0.39, 0.29) is 17.5 Å². The highest BCUT2D eigenvalue weighted by Gasteiger charge is 2.10. The number of nitrogens with one attached hydrogen (secondary N) is 1. The molecule has 0 aromatic carbocycles. The Hall–Kier alpha value is -3.18. The Morgan fingerprint density at radius 1 is 1.28 bits per heavy atom. The van der Waals surface area contributed by atoms with E-state index in [4.69, 9.17) is 0 Å². The van der Waals surface area contributed by atoms with Crippen molar-refractivity contribution in [1.82, 2.24) is 39.7 Å². The third-order valence-corrected chi connectivity index (χ3v) is 1.93. The van der Waals surface area contributed by atoms with Gasteiger partial charge in [-0.2, -0.15) is 4.52 Å². The zero-order valence-corrected chi connectivity index (χ0v) is 8.57. The summed E-state index contributed by atoms with van der Waals surface area (Å²) in [6, 6.07) is 0. The minimum atomic E-state index is -0.611. The molecule has 12 nitrogen and oxygen atoms in total. The summed E-state index contributed by atoms with van der Waals surface area (Å²) < 4.78 is 2.55. The number of nitro groups is 1. The molecule has 1 N–H and O–H groups in total. The third kappa shape index (κ3) is 1.66. The van der Waals surface area contributed by atoms with Crippen LogP contribution in [0.2, 0.25) is 0 Å². The number of nitrogens with zero attached hydrogens (tertiary/aromatic N) is 9. The number of aromatic nitrogens is 8. The molecular formula is C6H4N10O2. The Bertz CT molecular complexity index is 716. The molecule has 0 saturated heterocycles. The molecule has 0 radical (unpaired) electrons. The van der Waals surface area contributed by atoms with E-state index in [1.807, 2.05) is 0 Å². The van der Waals surface area contributed by atoms with Crippen LogP contribution < -0.4 is 5.43 Å². The van der Waals surface area contributed by atoms with Crippen LogP contribution in [-0.2, 0) is 0 Å². The average molecular weight is 248 g/mol. The topological polar surface area (TPSA) is 142 Å². The summed E-state index contributed by atoms with van der Waals surface area (Å²) in [4.78, 5) is 13.4. The second-order valence-corrected chi connectivity index (χ2v) is 3.11.